The lowest BCUT2D eigenvalue weighted by Crippen LogP contribution is -2.43. The smallest absolute Gasteiger partial charge is 0.237 e. The van der Waals surface area contributed by atoms with Gasteiger partial charge in [0.2, 0.25) is 5.91 Å². The molecular weight excluding hydrogens is 318 g/mol. The minimum atomic E-state index is -0.0862. The minimum absolute atomic E-state index is 0.0840. The van der Waals surface area contributed by atoms with Crippen LogP contribution in [-0.4, -0.2) is 50.9 Å². The maximum atomic E-state index is 12.4. The second-order valence-electron chi connectivity index (χ2n) is 6.10. The number of aromatic nitrogens is 4. The molecule has 3 rings (SSSR count). The zero-order valence-electron chi connectivity index (χ0n) is 14.6. The first kappa shape index (κ1) is 17.2. The summed E-state index contributed by atoms with van der Waals surface area (Å²) < 4.78 is 0. The second-order valence-corrected chi connectivity index (χ2v) is 6.10. The van der Waals surface area contributed by atoms with Gasteiger partial charge in [0.25, 0.3) is 0 Å². The Bertz CT molecular complexity index is 722. The van der Waals surface area contributed by atoms with E-state index in [2.05, 4.69) is 30.6 Å². The third-order valence-electron chi connectivity index (χ3n) is 4.14. The Labute approximate surface area is 147 Å². The van der Waals surface area contributed by atoms with Gasteiger partial charge in [-0.1, -0.05) is 0 Å². The van der Waals surface area contributed by atoms with Gasteiger partial charge < -0.3 is 15.5 Å². The highest BCUT2D eigenvalue weighted by Gasteiger charge is 2.29. The number of aryl methyl sites for hydroxylation is 1. The van der Waals surface area contributed by atoms with E-state index in [0.29, 0.717) is 24.0 Å². The monoisotopic (exact) mass is 341 g/mol. The first-order chi connectivity index (χ1) is 12.2. The molecule has 1 aliphatic heterocycles. The van der Waals surface area contributed by atoms with E-state index in [-0.39, 0.29) is 11.9 Å². The summed E-state index contributed by atoms with van der Waals surface area (Å²) >= 11 is 0. The maximum Gasteiger partial charge on any atom is 0.237 e. The third-order valence-corrected chi connectivity index (χ3v) is 4.14. The fraction of sp³-hybridized carbons (Fsp3) is 0.471. The number of hydrogen-bond donors (Lipinski definition) is 2. The van der Waals surface area contributed by atoms with Crippen LogP contribution in [0, 0.1) is 6.92 Å². The Morgan fingerprint density at radius 2 is 2.16 bits per heavy atom. The Hall–Kier alpha value is -2.61. The zero-order valence-corrected chi connectivity index (χ0v) is 14.6. The molecule has 1 saturated heterocycles. The summed E-state index contributed by atoms with van der Waals surface area (Å²) in [6.45, 7) is 3.00. The lowest BCUT2D eigenvalue weighted by atomic mass is 10.0. The molecule has 2 aromatic heterocycles. The number of anilines is 2. The average molecular weight is 341 g/mol. The van der Waals surface area contributed by atoms with Crippen molar-refractivity contribution in [2.45, 2.75) is 32.2 Å². The predicted molar refractivity (Wildman–Crippen MR) is 94.3 cm³/mol. The Balaban J connectivity index is 1.86. The first-order valence-electron chi connectivity index (χ1n) is 8.50. The number of nitrogens with one attached hydrogen (secondary N) is 2. The van der Waals surface area contributed by atoms with Gasteiger partial charge in [0.1, 0.15) is 11.6 Å². The molecule has 1 fully saturated rings. The van der Waals surface area contributed by atoms with Crippen molar-refractivity contribution < 1.29 is 4.79 Å². The van der Waals surface area contributed by atoms with Crippen molar-refractivity contribution >= 4 is 17.5 Å². The van der Waals surface area contributed by atoms with Gasteiger partial charge in [-0.2, -0.15) is 0 Å². The van der Waals surface area contributed by atoms with Crippen molar-refractivity contribution in [1.29, 1.82) is 0 Å². The van der Waals surface area contributed by atoms with E-state index in [4.69, 9.17) is 0 Å². The highest BCUT2D eigenvalue weighted by atomic mass is 16.2. The van der Waals surface area contributed by atoms with Gasteiger partial charge in [-0.05, 0) is 33.2 Å². The number of carbonyl (C=O) groups excluding carboxylic acids is 1. The Kier molecular flexibility index (Phi) is 5.49. The number of piperidine rings is 1. The standard InChI is InChI=1S/C17H23N7O/c1-12-9-14(22-15-10-19-6-7-20-15)23-17(21-12)13-5-3-4-8-24(13)16(25)11-18-2/h6-7,9-10,13,18H,3-5,8,11H2,1-2H3,(H,20,21,22,23). The highest BCUT2D eigenvalue weighted by molar-refractivity contribution is 5.78. The third kappa shape index (κ3) is 4.27. The summed E-state index contributed by atoms with van der Waals surface area (Å²) in [4.78, 5) is 31.8. The van der Waals surface area contributed by atoms with Crippen LogP contribution in [-0.2, 0) is 4.79 Å². The number of hydrogen-bond acceptors (Lipinski definition) is 7. The summed E-state index contributed by atoms with van der Waals surface area (Å²) in [7, 11) is 1.78. The van der Waals surface area contributed by atoms with E-state index in [1.807, 2.05) is 17.9 Å². The molecule has 2 N–H and O–H groups in total. The van der Waals surface area contributed by atoms with Gasteiger partial charge in [0.15, 0.2) is 5.82 Å². The highest BCUT2D eigenvalue weighted by Crippen LogP contribution is 2.30. The summed E-state index contributed by atoms with van der Waals surface area (Å²) in [5.41, 5.74) is 0.850. The lowest BCUT2D eigenvalue weighted by Gasteiger charge is -2.35. The number of likely N-dealkylation sites (N-methyl/N-ethyl adjacent to an activating group) is 1. The fourth-order valence-electron chi connectivity index (χ4n) is 3.05. The SMILES string of the molecule is CNCC(=O)N1CCCCC1c1nc(C)cc(Nc2cnccn2)n1. The molecule has 132 valence electrons. The maximum absolute atomic E-state index is 12.4. The zero-order chi connectivity index (χ0) is 17.6. The van der Waals surface area contributed by atoms with Gasteiger partial charge in [-0.15, -0.1) is 0 Å². The number of nitrogens with zero attached hydrogens (tertiary/aromatic N) is 5. The topological polar surface area (TPSA) is 95.9 Å². The van der Waals surface area contributed by atoms with Crippen LogP contribution >= 0.6 is 0 Å². The van der Waals surface area contributed by atoms with E-state index < -0.39 is 0 Å². The van der Waals surface area contributed by atoms with Crippen LogP contribution in [0.25, 0.3) is 0 Å². The minimum Gasteiger partial charge on any atom is -0.331 e. The van der Waals surface area contributed by atoms with Gasteiger partial charge >= 0.3 is 0 Å². The summed E-state index contributed by atoms with van der Waals surface area (Å²) in [5.74, 6) is 2.05. The molecule has 8 heteroatoms. The van der Waals surface area contributed by atoms with E-state index in [1.165, 1.54) is 0 Å². The van der Waals surface area contributed by atoms with Crippen LogP contribution in [0.15, 0.2) is 24.7 Å². The van der Waals surface area contributed by atoms with Crippen LogP contribution in [0.5, 0.6) is 0 Å². The van der Waals surface area contributed by atoms with Crippen molar-refractivity contribution in [3.05, 3.63) is 36.2 Å². The molecule has 0 bridgehead atoms. The van der Waals surface area contributed by atoms with E-state index in [1.54, 1.807) is 25.6 Å². The normalized spacial score (nSPS) is 17.4. The van der Waals surface area contributed by atoms with Crippen molar-refractivity contribution in [2.75, 3.05) is 25.5 Å². The van der Waals surface area contributed by atoms with Crippen LogP contribution in [0.1, 0.15) is 36.8 Å². The fourth-order valence-corrected chi connectivity index (χ4v) is 3.05. The average Bonchev–Trinajstić information content (AvgIpc) is 2.62. The Morgan fingerprint density at radius 3 is 2.92 bits per heavy atom. The molecule has 1 amide bonds. The second kappa shape index (κ2) is 7.98. The molecule has 0 radical (unpaired) electrons. The van der Waals surface area contributed by atoms with Crippen molar-refractivity contribution in [3.8, 4) is 0 Å². The van der Waals surface area contributed by atoms with Crippen LogP contribution in [0.3, 0.4) is 0 Å². The van der Waals surface area contributed by atoms with Crippen LogP contribution < -0.4 is 10.6 Å². The van der Waals surface area contributed by atoms with Gasteiger partial charge in [-0.25, -0.2) is 15.0 Å². The number of likely N-dealkylation sites (tertiary alicyclic amines) is 1. The summed E-state index contributed by atoms with van der Waals surface area (Å²) in [6.07, 6.45) is 7.84. The first-order valence-corrected chi connectivity index (χ1v) is 8.50. The van der Waals surface area contributed by atoms with Crippen LogP contribution in [0.4, 0.5) is 11.6 Å². The predicted octanol–water partition coefficient (Wildman–Crippen LogP) is 1.59. The Morgan fingerprint density at radius 1 is 1.28 bits per heavy atom. The molecule has 0 aliphatic carbocycles. The summed E-state index contributed by atoms with van der Waals surface area (Å²) in [5, 5.41) is 6.09. The molecule has 0 saturated carbocycles. The lowest BCUT2D eigenvalue weighted by molar-refractivity contribution is -0.134. The van der Waals surface area contributed by atoms with Crippen molar-refractivity contribution in [1.82, 2.24) is 30.2 Å². The quantitative estimate of drug-likeness (QED) is 0.852. The van der Waals surface area contributed by atoms with Gasteiger partial charge in [0, 0.05) is 30.7 Å². The summed E-state index contributed by atoms with van der Waals surface area (Å²) in [6, 6.07) is 1.78. The molecule has 1 unspecified atom stereocenters. The van der Waals surface area contributed by atoms with Crippen molar-refractivity contribution in [3.63, 3.8) is 0 Å². The molecule has 0 aromatic carbocycles. The van der Waals surface area contributed by atoms with E-state index in [0.717, 1.165) is 31.5 Å². The van der Waals surface area contributed by atoms with E-state index >= 15 is 0 Å². The molecular formula is C17H23N7O. The molecule has 1 aliphatic rings. The molecule has 1 atom stereocenters. The molecule has 2 aromatic rings. The van der Waals surface area contributed by atoms with Gasteiger partial charge in [0.05, 0.1) is 18.8 Å². The van der Waals surface area contributed by atoms with E-state index in [9.17, 15) is 4.79 Å². The largest absolute Gasteiger partial charge is 0.331 e. The van der Waals surface area contributed by atoms with Gasteiger partial charge in [-0.3, -0.25) is 9.78 Å². The number of carbonyl (C=O) groups is 1. The number of amides is 1. The molecule has 8 nitrogen and oxygen atoms in total. The molecule has 25 heavy (non-hydrogen) atoms. The van der Waals surface area contributed by atoms with Crippen molar-refractivity contribution in [2.24, 2.45) is 0 Å². The molecule has 0 spiro atoms. The van der Waals surface area contributed by atoms with Crippen LogP contribution in [0.2, 0.25) is 0 Å². The number of rotatable bonds is 5. The molecule has 3 heterocycles.